The first-order valence-corrected chi connectivity index (χ1v) is 6.66. The van der Waals surface area contributed by atoms with Gasteiger partial charge in [-0.15, -0.1) is 0 Å². The summed E-state index contributed by atoms with van der Waals surface area (Å²) in [6.45, 7) is 0.458. The van der Waals surface area contributed by atoms with Crippen LogP contribution in [0.15, 0.2) is 48.5 Å². The highest BCUT2D eigenvalue weighted by atomic mass is 16.5. The van der Waals surface area contributed by atoms with Crippen molar-refractivity contribution >= 4 is 16.7 Å². The fraction of sp³-hybridized carbons (Fsp3) is 0.118. The van der Waals surface area contributed by atoms with Crippen LogP contribution in [-0.2, 0) is 13.7 Å². The number of nitrogen functional groups attached to an aromatic ring is 1. The van der Waals surface area contributed by atoms with Gasteiger partial charge >= 0.3 is 0 Å². The molecule has 0 saturated heterocycles. The lowest BCUT2D eigenvalue weighted by Crippen LogP contribution is -1.96. The summed E-state index contributed by atoms with van der Waals surface area (Å²) in [7, 11) is 1.85. The molecule has 0 aliphatic rings. The van der Waals surface area contributed by atoms with E-state index in [1.54, 1.807) is 0 Å². The lowest BCUT2D eigenvalue weighted by Gasteiger charge is -2.08. The summed E-state index contributed by atoms with van der Waals surface area (Å²) in [5.74, 6) is 1.14. The highest BCUT2D eigenvalue weighted by Gasteiger charge is 2.16. The molecule has 0 radical (unpaired) electrons. The van der Waals surface area contributed by atoms with Gasteiger partial charge in [0.15, 0.2) is 0 Å². The van der Waals surface area contributed by atoms with Crippen molar-refractivity contribution in [2.75, 3.05) is 5.73 Å². The Bertz CT molecular complexity index is 829. The largest absolute Gasteiger partial charge is 0.488 e. The Morgan fingerprint density at radius 2 is 1.90 bits per heavy atom. The third kappa shape index (κ3) is 2.19. The summed E-state index contributed by atoms with van der Waals surface area (Å²) in [5.41, 5.74) is 8.43. The van der Waals surface area contributed by atoms with Crippen LogP contribution in [-0.4, -0.2) is 4.57 Å². The van der Waals surface area contributed by atoms with Gasteiger partial charge in [0.25, 0.3) is 0 Å². The van der Waals surface area contributed by atoms with E-state index < -0.39 is 0 Å². The van der Waals surface area contributed by atoms with Gasteiger partial charge in [0.1, 0.15) is 29.8 Å². The van der Waals surface area contributed by atoms with Crippen molar-refractivity contribution < 1.29 is 4.74 Å². The minimum atomic E-state index is 0.458. The lowest BCUT2D eigenvalue weighted by atomic mass is 10.1. The molecular formula is C17H15N3O. The van der Waals surface area contributed by atoms with E-state index in [1.165, 1.54) is 0 Å². The predicted molar refractivity (Wildman–Crippen MR) is 82.8 cm³/mol. The minimum Gasteiger partial charge on any atom is -0.488 e. The maximum absolute atomic E-state index is 9.34. The molecule has 0 saturated carbocycles. The molecule has 21 heavy (non-hydrogen) atoms. The fourth-order valence-corrected chi connectivity index (χ4v) is 2.44. The second kappa shape index (κ2) is 5.22. The molecule has 2 aromatic carbocycles. The van der Waals surface area contributed by atoms with Crippen molar-refractivity contribution in [2.45, 2.75) is 6.61 Å². The summed E-state index contributed by atoms with van der Waals surface area (Å²) in [4.78, 5) is 0. The zero-order chi connectivity index (χ0) is 14.8. The number of benzene rings is 2. The van der Waals surface area contributed by atoms with E-state index in [0.29, 0.717) is 23.7 Å². The SMILES string of the molecule is Cn1c(N)c(C#N)c2c(OCc3ccccc3)cccc21. The second-order valence-electron chi connectivity index (χ2n) is 4.86. The second-order valence-corrected chi connectivity index (χ2v) is 4.86. The number of anilines is 1. The summed E-state index contributed by atoms with van der Waals surface area (Å²) in [6.07, 6.45) is 0. The number of aromatic nitrogens is 1. The van der Waals surface area contributed by atoms with Gasteiger partial charge in [-0.25, -0.2) is 0 Å². The maximum Gasteiger partial charge on any atom is 0.130 e. The van der Waals surface area contributed by atoms with Gasteiger partial charge in [-0.2, -0.15) is 5.26 Å². The van der Waals surface area contributed by atoms with E-state index in [2.05, 4.69) is 6.07 Å². The smallest absolute Gasteiger partial charge is 0.130 e. The Hall–Kier alpha value is -2.93. The van der Waals surface area contributed by atoms with Crippen molar-refractivity contribution in [3.8, 4) is 11.8 Å². The molecule has 4 heteroatoms. The Morgan fingerprint density at radius 1 is 1.14 bits per heavy atom. The quantitative estimate of drug-likeness (QED) is 0.799. The van der Waals surface area contributed by atoms with Gasteiger partial charge in [0.05, 0.1) is 10.9 Å². The van der Waals surface area contributed by atoms with Gasteiger partial charge in [-0.05, 0) is 17.7 Å². The summed E-state index contributed by atoms with van der Waals surface area (Å²) in [5, 5.41) is 10.1. The van der Waals surface area contributed by atoms with Gasteiger partial charge in [0, 0.05) is 7.05 Å². The number of ether oxygens (including phenoxy) is 1. The first-order valence-electron chi connectivity index (χ1n) is 6.66. The van der Waals surface area contributed by atoms with Crippen LogP contribution in [0.2, 0.25) is 0 Å². The Labute approximate surface area is 123 Å². The van der Waals surface area contributed by atoms with Crippen LogP contribution in [0.1, 0.15) is 11.1 Å². The molecule has 1 heterocycles. The van der Waals surface area contributed by atoms with E-state index in [4.69, 9.17) is 10.5 Å². The maximum atomic E-state index is 9.34. The molecule has 0 aliphatic carbocycles. The van der Waals surface area contributed by atoms with Crippen molar-refractivity contribution in [3.05, 3.63) is 59.7 Å². The van der Waals surface area contributed by atoms with Gasteiger partial charge in [0.2, 0.25) is 0 Å². The third-order valence-corrected chi connectivity index (χ3v) is 3.58. The summed E-state index contributed by atoms with van der Waals surface area (Å²) < 4.78 is 7.70. The van der Waals surface area contributed by atoms with Crippen molar-refractivity contribution in [3.63, 3.8) is 0 Å². The average Bonchev–Trinajstić information content (AvgIpc) is 2.78. The molecule has 104 valence electrons. The first-order chi connectivity index (χ1) is 10.2. The summed E-state index contributed by atoms with van der Waals surface area (Å²) in [6, 6.07) is 17.8. The van der Waals surface area contributed by atoms with Crippen LogP contribution in [0.4, 0.5) is 5.82 Å². The van der Waals surface area contributed by atoms with Crippen molar-refractivity contribution in [1.82, 2.24) is 4.57 Å². The molecule has 1 aromatic heterocycles. The average molecular weight is 277 g/mol. The van der Waals surface area contributed by atoms with Crippen LogP contribution in [0.25, 0.3) is 10.9 Å². The molecule has 4 nitrogen and oxygen atoms in total. The highest BCUT2D eigenvalue weighted by molar-refractivity contribution is 5.96. The molecule has 2 N–H and O–H groups in total. The van der Waals surface area contributed by atoms with Gasteiger partial charge in [-0.1, -0.05) is 36.4 Å². The van der Waals surface area contributed by atoms with Gasteiger partial charge in [-0.3, -0.25) is 0 Å². The molecule has 3 aromatic rings. The van der Waals surface area contributed by atoms with E-state index in [0.717, 1.165) is 16.5 Å². The minimum absolute atomic E-state index is 0.458. The lowest BCUT2D eigenvalue weighted by molar-refractivity contribution is 0.310. The molecule has 0 bridgehead atoms. The number of hydrogen-bond donors (Lipinski definition) is 1. The molecule has 0 spiro atoms. The van der Waals surface area contributed by atoms with E-state index in [-0.39, 0.29) is 0 Å². The zero-order valence-corrected chi connectivity index (χ0v) is 11.7. The Kier molecular flexibility index (Phi) is 3.25. The van der Waals surface area contributed by atoms with E-state index >= 15 is 0 Å². The molecule has 3 rings (SSSR count). The highest BCUT2D eigenvalue weighted by Crippen LogP contribution is 2.34. The number of nitriles is 1. The monoisotopic (exact) mass is 277 g/mol. The van der Waals surface area contributed by atoms with Crippen molar-refractivity contribution in [1.29, 1.82) is 5.26 Å². The normalized spacial score (nSPS) is 10.5. The van der Waals surface area contributed by atoms with E-state index in [1.807, 2.05) is 60.1 Å². The summed E-state index contributed by atoms with van der Waals surface area (Å²) >= 11 is 0. The topological polar surface area (TPSA) is 64.0 Å². The number of fused-ring (bicyclic) bond motifs is 1. The molecular weight excluding hydrogens is 262 g/mol. The Morgan fingerprint density at radius 3 is 2.62 bits per heavy atom. The van der Waals surface area contributed by atoms with Crippen LogP contribution >= 0.6 is 0 Å². The molecule has 0 aliphatic heterocycles. The van der Waals surface area contributed by atoms with Crippen molar-refractivity contribution in [2.24, 2.45) is 7.05 Å². The number of rotatable bonds is 3. The Balaban J connectivity index is 2.03. The fourth-order valence-electron chi connectivity index (χ4n) is 2.44. The van der Waals surface area contributed by atoms with Gasteiger partial charge < -0.3 is 15.0 Å². The third-order valence-electron chi connectivity index (χ3n) is 3.58. The van der Waals surface area contributed by atoms with Crippen LogP contribution in [0.3, 0.4) is 0 Å². The van der Waals surface area contributed by atoms with Crippen LogP contribution in [0.5, 0.6) is 5.75 Å². The number of aryl methyl sites for hydroxylation is 1. The zero-order valence-electron chi connectivity index (χ0n) is 11.7. The van der Waals surface area contributed by atoms with Crippen LogP contribution < -0.4 is 10.5 Å². The number of hydrogen-bond acceptors (Lipinski definition) is 3. The standard InChI is InChI=1S/C17H15N3O/c1-20-14-8-5-9-15(16(14)13(10-18)17(20)19)21-11-12-6-3-2-4-7-12/h2-9H,11,19H2,1H3. The predicted octanol–water partition coefficient (Wildman–Crippen LogP) is 3.21. The molecule has 0 unspecified atom stereocenters. The first kappa shape index (κ1) is 13.1. The molecule has 0 fully saturated rings. The molecule has 0 atom stereocenters. The van der Waals surface area contributed by atoms with E-state index in [9.17, 15) is 5.26 Å². The molecule has 0 amide bonds. The number of nitrogens with two attached hydrogens (primary N) is 1. The number of nitrogens with zero attached hydrogens (tertiary/aromatic N) is 2. The van der Waals surface area contributed by atoms with Crippen LogP contribution in [0, 0.1) is 11.3 Å².